The highest BCUT2D eigenvalue weighted by atomic mass is 32.2. The van der Waals surface area contributed by atoms with Crippen molar-refractivity contribution in [3.63, 3.8) is 0 Å². The van der Waals surface area contributed by atoms with Gasteiger partial charge in [0.1, 0.15) is 5.82 Å². The van der Waals surface area contributed by atoms with E-state index in [2.05, 4.69) is 20.2 Å². The van der Waals surface area contributed by atoms with E-state index < -0.39 is 0 Å². The maximum absolute atomic E-state index is 5.46. The van der Waals surface area contributed by atoms with Crippen LogP contribution in [0, 0.1) is 6.92 Å². The first-order valence-electron chi connectivity index (χ1n) is 7.72. The number of nitrogens with one attached hydrogen (secondary N) is 1. The van der Waals surface area contributed by atoms with E-state index in [0.717, 1.165) is 36.4 Å². The van der Waals surface area contributed by atoms with E-state index in [-0.39, 0.29) is 0 Å². The van der Waals surface area contributed by atoms with E-state index in [9.17, 15) is 0 Å². The van der Waals surface area contributed by atoms with Gasteiger partial charge in [-0.3, -0.25) is 4.90 Å². The molecule has 1 atom stereocenters. The fourth-order valence-corrected chi connectivity index (χ4v) is 3.63. The quantitative estimate of drug-likeness (QED) is 0.679. The number of likely N-dealkylation sites (tertiary alicyclic amines) is 1. The Balaban J connectivity index is 1.58. The van der Waals surface area contributed by atoms with E-state index in [4.69, 9.17) is 4.74 Å². The van der Waals surface area contributed by atoms with Crippen LogP contribution in [-0.4, -0.2) is 59.5 Å². The molecule has 3 rings (SSSR count). The Kier molecular flexibility index (Phi) is 4.98. The number of aromatic nitrogens is 2. The Hall–Kier alpha value is -0.850. The molecule has 1 aromatic rings. The summed E-state index contributed by atoms with van der Waals surface area (Å²) in [7, 11) is 0. The highest BCUT2D eigenvalue weighted by Crippen LogP contribution is 2.22. The average Bonchev–Trinajstić information content (AvgIpc) is 2.96. The minimum Gasteiger partial charge on any atom is -0.381 e. The second kappa shape index (κ2) is 6.94. The van der Waals surface area contributed by atoms with Gasteiger partial charge in [-0.2, -0.15) is 0 Å². The number of hydrogen-bond donors (Lipinski definition) is 1. The number of thioether (sulfide) groups is 1. The largest absolute Gasteiger partial charge is 0.381 e. The molecule has 2 aliphatic rings. The zero-order valence-electron chi connectivity index (χ0n) is 12.8. The summed E-state index contributed by atoms with van der Waals surface area (Å²) in [6.07, 6.45) is 5.56. The van der Waals surface area contributed by atoms with E-state index in [0.29, 0.717) is 12.1 Å². The van der Waals surface area contributed by atoms with Crippen molar-refractivity contribution in [3.05, 3.63) is 11.8 Å². The van der Waals surface area contributed by atoms with Crippen molar-refractivity contribution >= 4 is 17.6 Å². The van der Waals surface area contributed by atoms with Gasteiger partial charge in [0.05, 0.1) is 0 Å². The zero-order chi connectivity index (χ0) is 14.7. The smallest absolute Gasteiger partial charge is 0.189 e. The summed E-state index contributed by atoms with van der Waals surface area (Å²) in [5, 5.41) is 4.43. The Morgan fingerprint density at radius 3 is 2.86 bits per heavy atom. The van der Waals surface area contributed by atoms with Crippen molar-refractivity contribution in [2.45, 2.75) is 43.4 Å². The molecule has 0 aliphatic carbocycles. The minimum atomic E-state index is 0.497. The summed E-state index contributed by atoms with van der Waals surface area (Å²) in [4.78, 5) is 11.6. The van der Waals surface area contributed by atoms with Gasteiger partial charge in [-0.05, 0) is 32.4 Å². The molecular formula is C15H24N4OS. The van der Waals surface area contributed by atoms with Crippen LogP contribution in [0.4, 0.5) is 5.82 Å². The number of aryl methyl sites for hydroxylation is 1. The Morgan fingerprint density at radius 2 is 2.10 bits per heavy atom. The highest BCUT2D eigenvalue weighted by Gasteiger charge is 2.29. The number of hydrogen-bond acceptors (Lipinski definition) is 6. The molecule has 0 aromatic carbocycles. The van der Waals surface area contributed by atoms with Gasteiger partial charge < -0.3 is 10.1 Å². The number of rotatable bonds is 4. The molecule has 0 radical (unpaired) electrons. The van der Waals surface area contributed by atoms with Crippen molar-refractivity contribution in [2.75, 3.05) is 37.9 Å². The first-order valence-corrected chi connectivity index (χ1v) is 8.95. The number of anilines is 1. The molecule has 1 unspecified atom stereocenters. The lowest BCUT2D eigenvalue weighted by molar-refractivity contribution is 0.0421. The molecule has 2 aliphatic heterocycles. The van der Waals surface area contributed by atoms with Crippen LogP contribution in [-0.2, 0) is 4.74 Å². The number of ether oxygens (including phenoxy) is 1. The van der Waals surface area contributed by atoms with Crippen LogP contribution < -0.4 is 5.32 Å². The summed E-state index contributed by atoms with van der Waals surface area (Å²) in [6, 6.07) is 3.24. The second-order valence-electron chi connectivity index (χ2n) is 5.85. The average molecular weight is 308 g/mol. The zero-order valence-corrected chi connectivity index (χ0v) is 13.7. The predicted molar refractivity (Wildman–Crippen MR) is 86.0 cm³/mol. The lowest BCUT2D eigenvalue weighted by Crippen LogP contribution is -2.39. The molecule has 2 saturated heterocycles. The molecule has 6 heteroatoms. The molecule has 1 N–H and O–H groups in total. The Morgan fingerprint density at radius 1 is 1.29 bits per heavy atom. The fourth-order valence-electron chi connectivity index (χ4n) is 3.20. The van der Waals surface area contributed by atoms with Crippen LogP contribution in [0.1, 0.15) is 25.0 Å². The van der Waals surface area contributed by atoms with Gasteiger partial charge in [0.25, 0.3) is 0 Å². The summed E-state index contributed by atoms with van der Waals surface area (Å²) in [6.45, 7) is 6.16. The standard InChI is InChI=1S/C15H24N4OS/c1-11-9-14(18-15(16-11)21-2)17-12-3-6-19(10-12)13-4-7-20-8-5-13/h9,12-13H,3-8,10H2,1-2H3,(H,16,17,18). The van der Waals surface area contributed by atoms with Gasteiger partial charge in [0.2, 0.25) is 0 Å². The molecule has 3 heterocycles. The third-order valence-electron chi connectivity index (χ3n) is 4.30. The molecule has 5 nitrogen and oxygen atoms in total. The lowest BCUT2D eigenvalue weighted by Gasteiger charge is -2.31. The van der Waals surface area contributed by atoms with Gasteiger partial charge in [0, 0.05) is 50.1 Å². The summed E-state index contributed by atoms with van der Waals surface area (Å²) in [5.74, 6) is 0.964. The van der Waals surface area contributed by atoms with Gasteiger partial charge >= 0.3 is 0 Å². The maximum atomic E-state index is 5.46. The van der Waals surface area contributed by atoms with E-state index in [1.165, 1.54) is 25.8 Å². The first kappa shape index (κ1) is 15.1. The molecule has 0 amide bonds. The first-order chi connectivity index (χ1) is 10.2. The van der Waals surface area contributed by atoms with Crippen molar-refractivity contribution in [2.24, 2.45) is 0 Å². The van der Waals surface area contributed by atoms with Gasteiger partial charge in [-0.25, -0.2) is 9.97 Å². The molecule has 0 spiro atoms. The second-order valence-corrected chi connectivity index (χ2v) is 6.62. The molecule has 1 aromatic heterocycles. The third-order valence-corrected chi connectivity index (χ3v) is 4.84. The Labute approximate surface area is 130 Å². The molecule has 2 fully saturated rings. The fraction of sp³-hybridized carbons (Fsp3) is 0.733. The normalized spacial score (nSPS) is 24.4. The predicted octanol–water partition coefficient (Wildman–Crippen LogP) is 2.17. The van der Waals surface area contributed by atoms with Gasteiger partial charge in [0.15, 0.2) is 5.16 Å². The molecule has 21 heavy (non-hydrogen) atoms. The van der Waals surface area contributed by atoms with Gasteiger partial charge in [-0.1, -0.05) is 11.8 Å². The highest BCUT2D eigenvalue weighted by molar-refractivity contribution is 7.98. The van der Waals surface area contributed by atoms with Crippen molar-refractivity contribution in [1.82, 2.24) is 14.9 Å². The molecule has 0 saturated carbocycles. The SMILES string of the molecule is CSc1nc(C)cc(NC2CCN(C3CCOCC3)C2)n1. The lowest BCUT2D eigenvalue weighted by atomic mass is 10.1. The number of nitrogens with zero attached hydrogens (tertiary/aromatic N) is 3. The van der Waals surface area contributed by atoms with E-state index in [1.807, 2.05) is 19.2 Å². The topological polar surface area (TPSA) is 50.3 Å². The van der Waals surface area contributed by atoms with Crippen LogP contribution in [0.3, 0.4) is 0 Å². The molecule has 116 valence electrons. The van der Waals surface area contributed by atoms with E-state index >= 15 is 0 Å². The maximum Gasteiger partial charge on any atom is 0.189 e. The van der Waals surface area contributed by atoms with Crippen LogP contribution in [0.25, 0.3) is 0 Å². The van der Waals surface area contributed by atoms with Crippen molar-refractivity contribution in [3.8, 4) is 0 Å². The van der Waals surface area contributed by atoms with Crippen molar-refractivity contribution in [1.29, 1.82) is 0 Å². The van der Waals surface area contributed by atoms with Crippen molar-refractivity contribution < 1.29 is 4.74 Å². The monoisotopic (exact) mass is 308 g/mol. The molecule has 0 bridgehead atoms. The van der Waals surface area contributed by atoms with Crippen LogP contribution in [0.15, 0.2) is 11.2 Å². The van der Waals surface area contributed by atoms with Gasteiger partial charge in [-0.15, -0.1) is 0 Å². The summed E-state index contributed by atoms with van der Waals surface area (Å²) < 4.78 is 5.46. The van der Waals surface area contributed by atoms with Crippen LogP contribution in [0.5, 0.6) is 0 Å². The summed E-state index contributed by atoms with van der Waals surface area (Å²) >= 11 is 1.59. The van der Waals surface area contributed by atoms with E-state index in [1.54, 1.807) is 11.8 Å². The Bertz CT molecular complexity index is 479. The third kappa shape index (κ3) is 3.87. The minimum absolute atomic E-state index is 0.497. The molecular weight excluding hydrogens is 284 g/mol. The van der Waals surface area contributed by atoms with Crippen LogP contribution in [0.2, 0.25) is 0 Å². The summed E-state index contributed by atoms with van der Waals surface area (Å²) in [5.41, 5.74) is 1.02. The van der Waals surface area contributed by atoms with Crippen LogP contribution >= 0.6 is 11.8 Å².